The lowest BCUT2D eigenvalue weighted by Crippen LogP contribution is -2.00. The van der Waals surface area contributed by atoms with Gasteiger partial charge in [-0.3, -0.25) is 0 Å². The molecule has 0 aliphatic heterocycles. The Morgan fingerprint density at radius 2 is 1.77 bits per heavy atom. The lowest BCUT2D eigenvalue weighted by molar-refractivity contribution is 0.755. The van der Waals surface area contributed by atoms with Crippen molar-refractivity contribution in [2.45, 2.75) is 17.3 Å². The highest BCUT2D eigenvalue weighted by Gasteiger charge is 2.16. The number of rotatable bonds is 4. The maximum Gasteiger partial charge on any atom is 0.214 e. The Labute approximate surface area is 142 Å². The van der Waals surface area contributed by atoms with Gasteiger partial charge in [-0.05, 0) is 53.2 Å². The van der Waals surface area contributed by atoms with Gasteiger partial charge in [0.25, 0.3) is 0 Å². The van der Waals surface area contributed by atoms with Crippen LogP contribution in [0.15, 0.2) is 53.7 Å². The molecule has 3 aromatic rings. The molecule has 0 bridgehead atoms. The third-order valence-electron chi connectivity index (χ3n) is 3.14. The molecule has 0 saturated carbocycles. The van der Waals surface area contributed by atoms with Crippen molar-refractivity contribution in [2.75, 3.05) is 0 Å². The Morgan fingerprint density at radius 1 is 1.05 bits per heavy atom. The van der Waals surface area contributed by atoms with E-state index in [9.17, 15) is 0 Å². The van der Waals surface area contributed by atoms with Crippen molar-refractivity contribution in [1.82, 2.24) is 20.2 Å². The van der Waals surface area contributed by atoms with Gasteiger partial charge in [0.2, 0.25) is 5.16 Å². The van der Waals surface area contributed by atoms with Crippen molar-refractivity contribution in [2.24, 2.45) is 0 Å². The van der Waals surface area contributed by atoms with Gasteiger partial charge in [0.1, 0.15) is 0 Å². The van der Waals surface area contributed by atoms with Crippen LogP contribution >= 0.6 is 35.0 Å². The molecular weight excluding hydrogens is 339 g/mol. The standard InChI is InChI=1S/C15H12Cl2N4S/c1-10(13-4-2-3-5-14(13)17)22-15-18-19-20-21(15)12-8-6-11(16)7-9-12/h2-10H,1H3/t10-/m1/s1. The summed E-state index contributed by atoms with van der Waals surface area (Å²) in [5.74, 6) is 0. The highest BCUT2D eigenvalue weighted by Crippen LogP contribution is 2.37. The van der Waals surface area contributed by atoms with Gasteiger partial charge in [0.05, 0.1) is 5.69 Å². The summed E-state index contributed by atoms with van der Waals surface area (Å²) in [5.41, 5.74) is 1.92. The Morgan fingerprint density at radius 3 is 2.50 bits per heavy atom. The van der Waals surface area contributed by atoms with Crippen LogP contribution in [0.25, 0.3) is 5.69 Å². The lowest BCUT2D eigenvalue weighted by Gasteiger charge is -2.12. The van der Waals surface area contributed by atoms with Crippen molar-refractivity contribution < 1.29 is 0 Å². The summed E-state index contributed by atoms with van der Waals surface area (Å²) in [5, 5.41) is 14.2. The molecule has 0 saturated heterocycles. The van der Waals surface area contributed by atoms with E-state index in [-0.39, 0.29) is 5.25 Å². The van der Waals surface area contributed by atoms with Gasteiger partial charge in [-0.1, -0.05) is 53.2 Å². The van der Waals surface area contributed by atoms with E-state index in [1.807, 2.05) is 48.5 Å². The molecule has 0 spiro atoms. The Bertz CT molecular complexity index is 773. The first-order chi connectivity index (χ1) is 10.6. The summed E-state index contributed by atoms with van der Waals surface area (Å²) in [4.78, 5) is 0. The second-order valence-electron chi connectivity index (χ2n) is 4.63. The van der Waals surface area contributed by atoms with Crippen LogP contribution in [0, 0.1) is 0 Å². The predicted molar refractivity (Wildman–Crippen MR) is 89.9 cm³/mol. The van der Waals surface area contributed by atoms with Gasteiger partial charge >= 0.3 is 0 Å². The second kappa shape index (κ2) is 6.69. The SMILES string of the molecule is C[C@@H](Sc1nnnn1-c1ccc(Cl)cc1)c1ccccc1Cl. The molecule has 1 atom stereocenters. The van der Waals surface area contributed by atoms with Crippen molar-refractivity contribution in [3.8, 4) is 5.69 Å². The van der Waals surface area contributed by atoms with E-state index >= 15 is 0 Å². The molecule has 2 aromatic carbocycles. The monoisotopic (exact) mass is 350 g/mol. The number of tetrazole rings is 1. The smallest absolute Gasteiger partial charge is 0.187 e. The van der Waals surface area contributed by atoms with Gasteiger partial charge in [0.15, 0.2) is 0 Å². The first kappa shape index (κ1) is 15.3. The first-order valence-corrected chi connectivity index (χ1v) is 8.24. The summed E-state index contributed by atoms with van der Waals surface area (Å²) in [6.07, 6.45) is 0. The zero-order chi connectivity index (χ0) is 15.5. The zero-order valence-corrected chi connectivity index (χ0v) is 14.0. The number of hydrogen-bond donors (Lipinski definition) is 0. The summed E-state index contributed by atoms with van der Waals surface area (Å²) < 4.78 is 1.69. The van der Waals surface area contributed by atoms with Gasteiger partial charge in [-0.15, -0.1) is 5.10 Å². The minimum atomic E-state index is 0.130. The zero-order valence-electron chi connectivity index (χ0n) is 11.6. The number of hydrogen-bond acceptors (Lipinski definition) is 4. The van der Waals surface area contributed by atoms with Gasteiger partial charge in [-0.25, -0.2) is 0 Å². The predicted octanol–water partition coefficient (Wildman–Crippen LogP) is 4.82. The van der Waals surface area contributed by atoms with E-state index < -0.39 is 0 Å². The van der Waals surface area contributed by atoms with E-state index in [1.165, 1.54) is 0 Å². The minimum Gasteiger partial charge on any atom is -0.187 e. The average molecular weight is 351 g/mol. The summed E-state index contributed by atoms with van der Waals surface area (Å²) in [6.45, 7) is 2.08. The Hall–Kier alpha value is -1.56. The van der Waals surface area contributed by atoms with Crippen LogP contribution in [0.3, 0.4) is 0 Å². The maximum atomic E-state index is 6.25. The quantitative estimate of drug-likeness (QED) is 0.632. The molecule has 3 rings (SSSR count). The van der Waals surface area contributed by atoms with E-state index in [4.69, 9.17) is 23.2 Å². The second-order valence-corrected chi connectivity index (χ2v) is 6.78. The topological polar surface area (TPSA) is 43.6 Å². The Balaban J connectivity index is 1.86. The number of thioether (sulfide) groups is 1. The number of benzene rings is 2. The molecule has 7 heteroatoms. The molecule has 1 aromatic heterocycles. The van der Waals surface area contributed by atoms with E-state index in [1.54, 1.807) is 16.4 Å². The highest BCUT2D eigenvalue weighted by atomic mass is 35.5. The van der Waals surface area contributed by atoms with Gasteiger partial charge in [-0.2, -0.15) is 4.68 Å². The molecule has 0 aliphatic carbocycles. The molecule has 0 fully saturated rings. The van der Waals surface area contributed by atoms with Crippen molar-refractivity contribution in [1.29, 1.82) is 0 Å². The molecule has 4 nitrogen and oxygen atoms in total. The fourth-order valence-electron chi connectivity index (χ4n) is 2.02. The average Bonchev–Trinajstić information content (AvgIpc) is 2.96. The van der Waals surface area contributed by atoms with E-state index in [2.05, 4.69) is 22.4 Å². The van der Waals surface area contributed by atoms with Crippen LogP contribution in [0.2, 0.25) is 10.0 Å². The van der Waals surface area contributed by atoms with Crippen molar-refractivity contribution in [3.63, 3.8) is 0 Å². The molecule has 0 unspecified atom stereocenters. The van der Waals surface area contributed by atoms with Crippen molar-refractivity contribution in [3.05, 3.63) is 64.1 Å². The number of nitrogens with zero attached hydrogens (tertiary/aromatic N) is 4. The van der Waals surface area contributed by atoms with Crippen LogP contribution in [0.1, 0.15) is 17.7 Å². The normalized spacial score (nSPS) is 12.3. The van der Waals surface area contributed by atoms with Gasteiger partial charge < -0.3 is 0 Å². The lowest BCUT2D eigenvalue weighted by atomic mass is 10.2. The van der Waals surface area contributed by atoms with Crippen LogP contribution in [0.5, 0.6) is 0 Å². The first-order valence-electron chi connectivity index (χ1n) is 6.60. The molecule has 0 N–H and O–H groups in total. The van der Waals surface area contributed by atoms with E-state index in [0.29, 0.717) is 10.2 Å². The van der Waals surface area contributed by atoms with Crippen LogP contribution in [-0.2, 0) is 0 Å². The molecule has 0 aliphatic rings. The third kappa shape index (κ3) is 3.27. The van der Waals surface area contributed by atoms with Crippen LogP contribution in [-0.4, -0.2) is 20.2 Å². The molecule has 1 heterocycles. The molecular formula is C15H12Cl2N4S. The van der Waals surface area contributed by atoms with Crippen LogP contribution < -0.4 is 0 Å². The molecule has 112 valence electrons. The van der Waals surface area contributed by atoms with Crippen LogP contribution in [0.4, 0.5) is 0 Å². The Kier molecular flexibility index (Phi) is 4.66. The summed E-state index contributed by atoms with van der Waals surface area (Å²) in [7, 11) is 0. The molecule has 22 heavy (non-hydrogen) atoms. The largest absolute Gasteiger partial charge is 0.214 e. The molecule has 0 amide bonds. The van der Waals surface area contributed by atoms with Gasteiger partial charge in [0, 0.05) is 15.3 Å². The summed E-state index contributed by atoms with van der Waals surface area (Å²) >= 11 is 13.7. The third-order valence-corrected chi connectivity index (χ3v) is 4.81. The number of aromatic nitrogens is 4. The summed E-state index contributed by atoms with van der Waals surface area (Å²) in [6, 6.07) is 15.2. The number of halogens is 2. The van der Waals surface area contributed by atoms with E-state index in [0.717, 1.165) is 16.3 Å². The fourth-order valence-corrected chi connectivity index (χ4v) is 3.49. The molecule has 0 radical (unpaired) electrons. The minimum absolute atomic E-state index is 0.130. The van der Waals surface area contributed by atoms with Crippen molar-refractivity contribution >= 4 is 35.0 Å². The fraction of sp³-hybridized carbons (Fsp3) is 0.133. The maximum absolute atomic E-state index is 6.25. The highest BCUT2D eigenvalue weighted by molar-refractivity contribution is 7.99.